The molecule has 1 aliphatic carbocycles. The molecule has 0 amide bonds. The molecule has 1 rings (SSSR count). The molecule has 72 valence electrons. The highest BCUT2D eigenvalue weighted by molar-refractivity contribution is 5.70. The summed E-state index contributed by atoms with van der Waals surface area (Å²) in [6, 6.07) is 0. The lowest BCUT2D eigenvalue weighted by molar-refractivity contribution is -0.136. The van der Waals surface area contributed by atoms with E-state index in [-0.39, 0.29) is 18.7 Å². The molecule has 0 atom stereocenters. The Morgan fingerprint density at radius 2 is 2.23 bits per heavy atom. The number of carbonyl (C=O) groups is 1. The van der Waals surface area contributed by atoms with Crippen LogP contribution in [0.4, 0.5) is 0 Å². The number of aliphatic hydroxyl groups excluding tert-OH is 1. The molecule has 0 bridgehead atoms. The van der Waals surface area contributed by atoms with Gasteiger partial charge in [0, 0.05) is 13.0 Å². The average molecular weight is 183 g/mol. The lowest BCUT2D eigenvalue weighted by Gasteiger charge is -2.15. The second-order valence-corrected chi connectivity index (χ2v) is 3.04. The predicted octanol–water partition coefficient (Wildman–Crippen LogP) is 0.952. The normalized spacial score (nSPS) is 17.2. The van der Waals surface area contributed by atoms with Crippen molar-refractivity contribution in [2.45, 2.75) is 19.3 Å². The van der Waals surface area contributed by atoms with Crippen LogP contribution < -0.4 is 5.73 Å². The van der Waals surface area contributed by atoms with Crippen molar-refractivity contribution in [2.75, 3.05) is 6.54 Å². The molecule has 0 unspecified atom stereocenters. The van der Waals surface area contributed by atoms with E-state index in [1.165, 1.54) is 0 Å². The number of hydrogen-bond acceptors (Lipinski definition) is 3. The molecule has 0 aliphatic heterocycles. The van der Waals surface area contributed by atoms with E-state index in [0.717, 1.165) is 11.1 Å². The molecule has 0 spiro atoms. The van der Waals surface area contributed by atoms with E-state index < -0.39 is 5.97 Å². The lowest BCUT2D eigenvalue weighted by Crippen LogP contribution is -2.11. The Labute approximate surface area is 76.4 Å². The predicted molar refractivity (Wildman–Crippen MR) is 48.3 cm³/mol. The molecule has 0 fully saturated rings. The molecule has 4 N–H and O–H groups in total. The Kier molecular flexibility index (Phi) is 3.08. The summed E-state index contributed by atoms with van der Waals surface area (Å²) in [6.45, 7) is 0.284. The van der Waals surface area contributed by atoms with Gasteiger partial charge in [-0.15, -0.1) is 0 Å². The second-order valence-electron chi connectivity index (χ2n) is 3.04. The Balaban J connectivity index is 2.83. The fraction of sp³-hybridized carbons (Fsp3) is 0.444. The Bertz CT molecular complexity index is 279. The van der Waals surface area contributed by atoms with E-state index in [9.17, 15) is 9.90 Å². The Hall–Kier alpha value is -1.29. The minimum absolute atomic E-state index is 0.0241. The van der Waals surface area contributed by atoms with Crippen LogP contribution in [0.1, 0.15) is 19.3 Å². The van der Waals surface area contributed by atoms with E-state index in [2.05, 4.69) is 0 Å². The first-order valence-corrected chi connectivity index (χ1v) is 4.15. The number of aliphatic carboxylic acids is 1. The minimum Gasteiger partial charge on any atom is -0.512 e. The van der Waals surface area contributed by atoms with Gasteiger partial charge in [-0.25, -0.2) is 0 Å². The zero-order valence-corrected chi connectivity index (χ0v) is 7.29. The summed E-state index contributed by atoms with van der Waals surface area (Å²) in [6.07, 6.45) is 2.71. The lowest BCUT2D eigenvalue weighted by atomic mass is 9.94. The Morgan fingerprint density at radius 3 is 2.77 bits per heavy atom. The molecule has 0 aromatic carbocycles. The number of rotatable bonds is 3. The van der Waals surface area contributed by atoms with Crippen molar-refractivity contribution in [1.82, 2.24) is 0 Å². The third-order valence-corrected chi connectivity index (χ3v) is 2.06. The molecule has 0 heterocycles. The zero-order chi connectivity index (χ0) is 9.84. The fourth-order valence-electron chi connectivity index (χ4n) is 1.40. The number of allylic oxidation sites excluding steroid dienone is 1. The molecule has 0 aromatic rings. The summed E-state index contributed by atoms with van der Waals surface area (Å²) in [5.41, 5.74) is 7.01. The largest absolute Gasteiger partial charge is 0.512 e. The smallest absolute Gasteiger partial charge is 0.307 e. The van der Waals surface area contributed by atoms with Crippen LogP contribution in [0, 0.1) is 0 Å². The van der Waals surface area contributed by atoms with Gasteiger partial charge in [-0.05, 0) is 18.1 Å². The number of carboxylic acid groups (broad SMARTS) is 1. The number of hydrogen-bond donors (Lipinski definition) is 3. The third kappa shape index (κ3) is 2.59. The van der Waals surface area contributed by atoms with Gasteiger partial charge in [0.1, 0.15) is 0 Å². The zero-order valence-electron chi connectivity index (χ0n) is 7.29. The molecular weight excluding hydrogens is 170 g/mol. The topological polar surface area (TPSA) is 83.6 Å². The van der Waals surface area contributed by atoms with Crippen LogP contribution in [0.25, 0.3) is 0 Å². The first kappa shape index (κ1) is 9.80. The summed E-state index contributed by atoms with van der Waals surface area (Å²) in [5.74, 6) is -0.565. The van der Waals surface area contributed by atoms with Crippen LogP contribution in [-0.4, -0.2) is 22.7 Å². The van der Waals surface area contributed by atoms with E-state index in [1.54, 1.807) is 6.08 Å². The summed E-state index contributed by atoms with van der Waals surface area (Å²) in [5, 5.41) is 17.8. The van der Waals surface area contributed by atoms with Gasteiger partial charge in [-0.1, -0.05) is 5.57 Å². The highest BCUT2D eigenvalue weighted by Gasteiger charge is 2.14. The van der Waals surface area contributed by atoms with Crippen molar-refractivity contribution in [3.63, 3.8) is 0 Å². The van der Waals surface area contributed by atoms with Crippen LogP contribution in [-0.2, 0) is 4.79 Å². The van der Waals surface area contributed by atoms with Gasteiger partial charge < -0.3 is 15.9 Å². The van der Waals surface area contributed by atoms with Crippen LogP contribution in [0.15, 0.2) is 23.0 Å². The van der Waals surface area contributed by atoms with Crippen molar-refractivity contribution in [2.24, 2.45) is 5.73 Å². The quantitative estimate of drug-likeness (QED) is 0.608. The molecule has 1 aliphatic rings. The number of aliphatic hydroxyl groups is 1. The van der Waals surface area contributed by atoms with E-state index >= 15 is 0 Å². The van der Waals surface area contributed by atoms with E-state index in [0.29, 0.717) is 12.8 Å². The molecule has 0 saturated heterocycles. The second kappa shape index (κ2) is 4.09. The highest BCUT2D eigenvalue weighted by atomic mass is 16.4. The molecular formula is C9H13NO3. The molecule has 4 heteroatoms. The van der Waals surface area contributed by atoms with Crippen LogP contribution in [0.3, 0.4) is 0 Å². The van der Waals surface area contributed by atoms with Gasteiger partial charge in [-0.3, -0.25) is 4.79 Å². The highest BCUT2D eigenvalue weighted by Crippen LogP contribution is 2.24. The van der Waals surface area contributed by atoms with Gasteiger partial charge in [-0.2, -0.15) is 0 Å². The maximum absolute atomic E-state index is 10.5. The summed E-state index contributed by atoms with van der Waals surface area (Å²) in [4.78, 5) is 10.5. The van der Waals surface area contributed by atoms with Gasteiger partial charge in [0.25, 0.3) is 0 Å². The van der Waals surface area contributed by atoms with Crippen molar-refractivity contribution in [1.29, 1.82) is 0 Å². The minimum atomic E-state index is -0.851. The molecule has 4 nitrogen and oxygen atoms in total. The van der Waals surface area contributed by atoms with Gasteiger partial charge in [0.15, 0.2) is 0 Å². The maximum atomic E-state index is 10.5. The molecule has 0 radical (unpaired) electrons. The summed E-state index contributed by atoms with van der Waals surface area (Å²) >= 11 is 0. The Morgan fingerprint density at radius 1 is 1.54 bits per heavy atom. The van der Waals surface area contributed by atoms with Crippen LogP contribution >= 0.6 is 0 Å². The standard InChI is InChI=1S/C9H13NO3/c10-5-7-3-8(11)2-1-6(7)4-9(12)13/h3,11H,1-2,4-5,10H2,(H,12,13). The SMILES string of the molecule is NCC1=C(CC(=O)O)CCC(O)=C1. The van der Waals surface area contributed by atoms with Crippen molar-refractivity contribution >= 4 is 5.97 Å². The number of nitrogens with two attached hydrogens (primary N) is 1. The maximum Gasteiger partial charge on any atom is 0.307 e. The monoisotopic (exact) mass is 183 g/mol. The van der Waals surface area contributed by atoms with Crippen molar-refractivity contribution in [3.05, 3.63) is 23.0 Å². The third-order valence-electron chi connectivity index (χ3n) is 2.06. The fourth-order valence-corrected chi connectivity index (χ4v) is 1.40. The van der Waals surface area contributed by atoms with E-state index in [1.807, 2.05) is 0 Å². The van der Waals surface area contributed by atoms with Crippen molar-refractivity contribution < 1.29 is 15.0 Å². The molecule has 0 aromatic heterocycles. The first-order valence-electron chi connectivity index (χ1n) is 4.15. The molecule has 13 heavy (non-hydrogen) atoms. The molecule has 0 saturated carbocycles. The number of carboxylic acids is 1. The van der Waals surface area contributed by atoms with Gasteiger partial charge >= 0.3 is 5.97 Å². The average Bonchev–Trinajstić information content (AvgIpc) is 2.07. The first-order chi connectivity index (χ1) is 6.13. The van der Waals surface area contributed by atoms with E-state index in [4.69, 9.17) is 10.8 Å². The van der Waals surface area contributed by atoms with Gasteiger partial charge in [0.2, 0.25) is 0 Å². The summed E-state index contributed by atoms with van der Waals surface area (Å²) in [7, 11) is 0. The van der Waals surface area contributed by atoms with Crippen molar-refractivity contribution in [3.8, 4) is 0 Å². The van der Waals surface area contributed by atoms with Gasteiger partial charge in [0.05, 0.1) is 12.2 Å². The van der Waals surface area contributed by atoms with Crippen LogP contribution in [0.2, 0.25) is 0 Å². The van der Waals surface area contributed by atoms with Crippen LogP contribution in [0.5, 0.6) is 0 Å². The summed E-state index contributed by atoms with van der Waals surface area (Å²) < 4.78 is 0.